The Morgan fingerprint density at radius 1 is 0.720 bits per heavy atom. The number of hydrogen-bond donors (Lipinski definition) is 0. The SMILES string of the molecule is CCN(C(=O)OCOC(=O)N(CC)c1ccccc1)c1ccccc1. The maximum atomic E-state index is 12.2. The summed E-state index contributed by atoms with van der Waals surface area (Å²) in [6, 6.07) is 18.3. The van der Waals surface area contributed by atoms with Crippen molar-refractivity contribution in [1.29, 1.82) is 0 Å². The number of para-hydroxylation sites is 2. The molecule has 25 heavy (non-hydrogen) atoms. The van der Waals surface area contributed by atoms with Crippen molar-refractivity contribution in [2.24, 2.45) is 0 Å². The predicted molar refractivity (Wildman–Crippen MR) is 96.8 cm³/mol. The predicted octanol–water partition coefficient (Wildman–Crippen LogP) is 4.27. The van der Waals surface area contributed by atoms with Gasteiger partial charge in [0, 0.05) is 24.5 Å². The van der Waals surface area contributed by atoms with Crippen molar-refractivity contribution < 1.29 is 19.1 Å². The van der Waals surface area contributed by atoms with Crippen LogP contribution in [0.2, 0.25) is 0 Å². The van der Waals surface area contributed by atoms with Crippen LogP contribution in [0.3, 0.4) is 0 Å². The van der Waals surface area contributed by atoms with Crippen molar-refractivity contribution in [3.8, 4) is 0 Å². The number of amides is 2. The van der Waals surface area contributed by atoms with Crippen molar-refractivity contribution in [3.63, 3.8) is 0 Å². The van der Waals surface area contributed by atoms with Crippen molar-refractivity contribution in [3.05, 3.63) is 60.7 Å². The molecule has 0 radical (unpaired) electrons. The van der Waals surface area contributed by atoms with E-state index in [-0.39, 0.29) is 0 Å². The van der Waals surface area contributed by atoms with Crippen LogP contribution >= 0.6 is 0 Å². The Morgan fingerprint density at radius 3 is 1.40 bits per heavy atom. The number of rotatable bonds is 6. The average molecular weight is 342 g/mol. The van der Waals surface area contributed by atoms with Gasteiger partial charge in [-0.2, -0.15) is 0 Å². The molecule has 0 unspecified atom stereocenters. The molecular formula is C19H22N2O4. The molecule has 0 spiro atoms. The normalized spacial score (nSPS) is 10.0. The highest BCUT2D eigenvalue weighted by Crippen LogP contribution is 2.15. The number of benzene rings is 2. The summed E-state index contributed by atoms with van der Waals surface area (Å²) in [7, 11) is 0. The molecule has 0 bridgehead atoms. The van der Waals surface area contributed by atoms with Crippen molar-refractivity contribution in [2.45, 2.75) is 13.8 Å². The van der Waals surface area contributed by atoms with Crippen LogP contribution in [0.15, 0.2) is 60.7 Å². The van der Waals surface area contributed by atoms with Gasteiger partial charge in [0.1, 0.15) is 0 Å². The first-order valence-corrected chi connectivity index (χ1v) is 8.16. The van der Waals surface area contributed by atoms with E-state index in [1.54, 1.807) is 0 Å². The molecule has 0 aliphatic rings. The first-order valence-electron chi connectivity index (χ1n) is 8.16. The summed E-state index contributed by atoms with van der Waals surface area (Å²) in [6.07, 6.45) is -1.13. The molecule has 0 fully saturated rings. The zero-order valence-corrected chi connectivity index (χ0v) is 14.4. The molecule has 0 heterocycles. The first-order chi connectivity index (χ1) is 12.2. The van der Waals surface area contributed by atoms with Gasteiger partial charge in [0.25, 0.3) is 0 Å². The minimum absolute atomic E-state index is 0.440. The Balaban J connectivity index is 1.88. The van der Waals surface area contributed by atoms with E-state index in [0.29, 0.717) is 13.1 Å². The van der Waals surface area contributed by atoms with Gasteiger partial charge in [-0.15, -0.1) is 0 Å². The van der Waals surface area contributed by atoms with E-state index >= 15 is 0 Å². The Morgan fingerprint density at radius 2 is 1.08 bits per heavy atom. The summed E-state index contributed by atoms with van der Waals surface area (Å²) in [5.41, 5.74) is 1.45. The van der Waals surface area contributed by atoms with E-state index in [9.17, 15) is 9.59 Å². The third kappa shape index (κ3) is 4.97. The minimum Gasteiger partial charge on any atom is -0.411 e. The second kappa shape index (κ2) is 9.32. The average Bonchev–Trinajstić information content (AvgIpc) is 2.65. The summed E-state index contributed by atoms with van der Waals surface area (Å²) < 4.78 is 10.1. The van der Waals surface area contributed by atoms with Gasteiger partial charge in [-0.05, 0) is 38.1 Å². The molecule has 132 valence electrons. The molecular weight excluding hydrogens is 320 g/mol. The Hall–Kier alpha value is -3.02. The quantitative estimate of drug-likeness (QED) is 0.736. The molecule has 2 aromatic rings. The van der Waals surface area contributed by atoms with Crippen LogP contribution in [0, 0.1) is 0 Å². The van der Waals surface area contributed by atoms with E-state index in [2.05, 4.69) is 0 Å². The van der Waals surface area contributed by atoms with Crippen LogP contribution in [-0.2, 0) is 9.47 Å². The standard InChI is InChI=1S/C19H22N2O4/c1-3-20(16-11-7-5-8-12-16)18(22)24-15-25-19(23)21(4-2)17-13-9-6-10-14-17/h5-14H,3-4,15H2,1-2H3. The van der Waals surface area contributed by atoms with Crippen LogP contribution < -0.4 is 9.80 Å². The zero-order chi connectivity index (χ0) is 18.1. The third-order valence-electron chi connectivity index (χ3n) is 3.57. The van der Waals surface area contributed by atoms with Crippen molar-refractivity contribution in [2.75, 3.05) is 29.7 Å². The Labute approximate surface area is 147 Å². The fraction of sp³-hybridized carbons (Fsp3) is 0.263. The number of carbonyl (C=O) groups is 2. The first kappa shape index (κ1) is 18.3. The second-order valence-electron chi connectivity index (χ2n) is 5.10. The molecule has 2 amide bonds. The van der Waals surface area contributed by atoms with Crippen LogP contribution in [0.25, 0.3) is 0 Å². The van der Waals surface area contributed by atoms with Gasteiger partial charge in [0.05, 0.1) is 0 Å². The molecule has 0 aliphatic heterocycles. The maximum Gasteiger partial charge on any atom is 0.417 e. The number of ether oxygens (including phenoxy) is 2. The lowest BCUT2D eigenvalue weighted by Crippen LogP contribution is -2.35. The fourth-order valence-electron chi connectivity index (χ4n) is 2.34. The van der Waals surface area contributed by atoms with Crippen LogP contribution in [0.4, 0.5) is 21.0 Å². The molecule has 0 N–H and O–H groups in total. The highest BCUT2D eigenvalue weighted by Gasteiger charge is 2.18. The summed E-state index contributed by atoms with van der Waals surface area (Å²) in [4.78, 5) is 27.3. The summed E-state index contributed by atoms with van der Waals surface area (Å²) in [5.74, 6) is 0. The van der Waals surface area contributed by atoms with Gasteiger partial charge < -0.3 is 9.47 Å². The molecule has 0 aromatic heterocycles. The number of hydrogen-bond acceptors (Lipinski definition) is 4. The van der Waals surface area contributed by atoms with E-state index in [1.807, 2.05) is 74.5 Å². The van der Waals surface area contributed by atoms with Gasteiger partial charge in [0.2, 0.25) is 6.79 Å². The smallest absolute Gasteiger partial charge is 0.411 e. The number of anilines is 2. The van der Waals surface area contributed by atoms with Gasteiger partial charge in [-0.1, -0.05) is 36.4 Å². The minimum atomic E-state index is -0.566. The second-order valence-corrected chi connectivity index (χ2v) is 5.10. The van der Waals surface area contributed by atoms with Gasteiger partial charge >= 0.3 is 12.2 Å². The van der Waals surface area contributed by atoms with Gasteiger partial charge in [-0.25, -0.2) is 9.59 Å². The summed E-state index contributed by atoms with van der Waals surface area (Å²) in [6.45, 7) is 4.14. The highest BCUT2D eigenvalue weighted by atomic mass is 16.7. The lowest BCUT2D eigenvalue weighted by molar-refractivity contribution is 0.0307. The number of nitrogens with zero attached hydrogens (tertiary/aromatic N) is 2. The van der Waals surface area contributed by atoms with Crippen LogP contribution in [-0.4, -0.2) is 32.1 Å². The molecule has 0 aliphatic carbocycles. The van der Waals surface area contributed by atoms with Crippen molar-refractivity contribution in [1.82, 2.24) is 0 Å². The van der Waals surface area contributed by atoms with E-state index in [0.717, 1.165) is 11.4 Å². The molecule has 2 rings (SSSR count). The molecule has 0 saturated heterocycles. The molecule has 6 heteroatoms. The topological polar surface area (TPSA) is 59.1 Å². The van der Waals surface area contributed by atoms with Crippen LogP contribution in [0.1, 0.15) is 13.8 Å². The molecule has 0 saturated carbocycles. The van der Waals surface area contributed by atoms with Gasteiger partial charge in [-0.3, -0.25) is 9.80 Å². The molecule has 2 aromatic carbocycles. The van der Waals surface area contributed by atoms with Crippen molar-refractivity contribution >= 4 is 23.6 Å². The fourth-order valence-corrected chi connectivity index (χ4v) is 2.34. The third-order valence-corrected chi connectivity index (χ3v) is 3.57. The number of carbonyl (C=O) groups excluding carboxylic acids is 2. The largest absolute Gasteiger partial charge is 0.417 e. The maximum absolute atomic E-state index is 12.2. The lowest BCUT2D eigenvalue weighted by atomic mass is 10.3. The molecule has 6 nitrogen and oxygen atoms in total. The van der Waals surface area contributed by atoms with Gasteiger partial charge in [0.15, 0.2) is 0 Å². The summed E-state index contributed by atoms with van der Waals surface area (Å²) >= 11 is 0. The summed E-state index contributed by atoms with van der Waals surface area (Å²) in [5, 5.41) is 0. The monoisotopic (exact) mass is 342 g/mol. The van der Waals surface area contributed by atoms with E-state index in [1.165, 1.54) is 9.80 Å². The Bertz CT molecular complexity index is 617. The molecule has 0 atom stereocenters. The zero-order valence-electron chi connectivity index (χ0n) is 14.4. The lowest BCUT2D eigenvalue weighted by Gasteiger charge is -2.22. The highest BCUT2D eigenvalue weighted by molar-refractivity contribution is 5.88. The Kier molecular flexibility index (Phi) is 6.83. The van der Waals surface area contributed by atoms with E-state index in [4.69, 9.17) is 9.47 Å². The van der Waals surface area contributed by atoms with Crippen LogP contribution in [0.5, 0.6) is 0 Å². The van der Waals surface area contributed by atoms with E-state index < -0.39 is 19.0 Å².